The molecule has 0 bridgehead atoms. The van der Waals surface area contributed by atoms with Crippen molar-refractivity contribution in [3.8, 4) is 0 Å². The minimum absolute atomic E-state index is 0.131. The molecule has 0 radical (unpaired) electrons. The van der Waals surface area contributed by atoms with Crippen molar-refractivity contribution in [1.82, 2.24) is 4.90 Å². The summed E-state index contributed by atoms with van der Waals surface area (Å²) in [5.41, 5.74) is 0. The highest BCUT2D eigenvalue weighted by Gasteiger charge is 2.31. The van der Waals surface area contributed by atoms with Crippen LogP contribution in [0.5, 0.6) is 0 Å². The molecule has 3 heteroatoms. The predicted octanol–water partition coefficient (Wildman–Crippen LogP) is 1.42. The van der Waals surface area contributed by atoms with E-state index in [4.69, 9.17) is 4.74 Å². The lowest BCUT2D eigenvalue weighted by Gasteiger charge is -2.23. The Labute approximate surface area is 85.4 Å². The summed E-state index contributed by atoms with van der Waals surface area (Å²) in [5, 5.41) is 0. The van der Waals surface area contributed by atoms with Gasteiger partial charge in [-0.3, -0.25) is 4.79 Å². The Morgan fingerprint density at radius 1 is 1.43 bits per heavy atom. The number of hydrogen-bond donors (Lipinski definition) is 0. The van der Waals surface area contributed by atoms with Crippen LogP contribution in [0.15, 0.2) is 0 Å². The lowest BCUT2D eigenvalue weighted by atomic mass is 10.2. The molecule has 0 aromatic heterocycles. The van der Waals surface area contributed by atoms with Crippen LogP contribution in [0.1, 0.15) is 32.6 Å². The normalized spacial score (nSPS) is 26.5. The van der Waals surface area contributed by atoms with Crippen molar-refractivity contribution < 1.29 is 9.53 Å². The zero-order valence-electron chi connectivity index (χ0n) is 8.87. The van der Waals surface area contributed by atoms with Crippen molar-refractivity contribution in [1.29, 1.82) is 0 Å². The smallest absolute Gasteiger partial charge is 0.251 e. The van der Waals surface area contributed by atoms with E-state index >= 15 is 0 Å². The summed E-state index contributed by atoms with van der Waals surface area (Å²) < 4.78 is 5.41. The summed E-state index contributed by atoms with van der Waals surface area (Å²) in [5.74, 6) is 0.997. The zero-order valence-corrected chi connectivity index (χ0v) is 8.87. The Hall–Kier alpha value is -0.570. The van der Waals surface area contributed by atoms with Crippen molar-refractivity contribution >= 4 is 5.91 Å². The second kappa shape index (κ2) is 4.30. The molecule has 2 fully saturated rings. The molecule has 0 spiro atoms. The Bertz CT molecular complexity index is 207. The molecule has 0 aromatic rings. The number of carbonyl (C=O) groups is 1. The number of amides is 1. The highest BCUT2D eigenvalue weighted by Crippen LogP contribution is 2.30. The van der Waals surface area contributed by atoms with Crippen LogP contribution in [0.4, 0.5) is 0 Å². The van der Waals surface area contributed by atoms with Crippen molar-refractivity contribution in [2.45, 2.75) is 38.7 Å². The molecule has 3 nitrogen and oxygen atoms in total. The minimum Gasteiger partial charge on any atom is -0.368 e. The van der Waals surface area contributed by atoms with Gasteiger partial charge < -0.3 is 9.64 Å². The molecule has 2 rings (SSSR count). The maximum absolute atomic E-state index is 11.9. The molecule has 0 aromatic carbocycles. The van der Waals surface area contributed by atoms with Gasteiger partial charge in [-0.2, -0.15) is 0 Å². The molecule has 80 valence electrons. The quantitative estimate of drug-likeness (QED) is 0.682. The van der Waals surface area contributed by atoms with Gasteiger partial charge in [-0.15, -0.1) is 0 Å². The van der Waals surface area contributed by atoms with E-state index in [9.17, 15) is 4.79 Å². The molecule has 1 saturated heterocycles. The number of likely N-dealkylation sites (N-methyl/N-ethyl adjacent to an activating group) is 1. The third-order valence-electron chi connectivity index (χ3n) is 3.07. The largest absolute Gasteiger partial charge is 0.368 e. The Morgan fingerprint density at radius 3 is 2.71 bits per heavy atom. The fraction of sp³-hybridized carbons (Fsp3) is 0.909. The number of rotatable bonds is 4. The summed E-state index contributed by atoms with van der Waals surface area (Å²) in [7, 11) is 0. The van der Waals surface area contributed by atoms with Crippen LogP contribution in [0.25, 0.3) is 0 Å². The van der Waals surface area contributed by atoms with Crippen LogP contribution in [0, 0.1) is 5.92 Å². The van der Waals surface area contributed by atoms with E-state index in [2.05, 4.69) is 6.92 Å². The first kappa shape index (κ1) is 9.97. The summed E-state index contributed by atoms with van der Waals surface area (Å²) in [6.45, 7) is 4.59. The topological polar surface area (TPSA) is 29.5 Å². The van der Waals surface area contributed by atoms with Crippen LogP contribution in [0.2, 0.25) is 0 Å². The Morgan fingerprint density at radius 2 is 2.21 bits per heavy atom. The molecular weight excluding hydrogens is 178 g/mol. The van der Waals surface area contributed by atoms with E-state index in [1.54, 1.807) is 0 Å². The van der Waals surface area contributed by atoms with E-state index in [0.717, 1.165) is 38.5 Å². The number of carbonyl (C=O) groups excluding carboxylic acids is 1. The number of ether oxygens (including phenoxy) is 1. The first-order valence-corrected chi connectivity index (χ1v) is 5.71. The fourth-order valence-corrected chi connectivity index (χ4v) is 1.96. The molecular formula is C11H19NO2. The Balaban J connectivity index is 1.85. The SMILES string of the molecule is CCN(CC1CC1)C(=O)C1CCCO1. The van der Waals surface area contributed by atoms with Gasteiger partial charge in [0.25, 0.3) is 5.91 Å². The van der Waals surface area contributed by atoms with Crippen LogP contribution in [-0.2, 0) is 9.53 Å². The molecule has 1 atom stereocenters. The van der Waals surface area contributed by atoms with Crippen LogP contribution < -0.4 is 0 Å². The van der Waals surface area contributed by atoms with Crippen molar-refractivity contribution in [3.05, 3.63) is 0 Å². The number of nitrogens with zero attached hydrogens (tertiary/aromatic N) is 1. The Kier molecular flexibility index (Phi) is 3.06. The van der Waals surface area contributed by atoms with E-state index in [0.29, 0.717) is 0 Å². The van der Waals surface area contributed by atoms with Gasteiger partial charge in [0.2, 0.25) is 0 Å². The molecule has 0 N–H and O–H groups in total. The highest BCUT2D eigenvalue weighted by atomic mass is 16.5. The van der Waals surface area contributed by atoms with E-state index < -0.39 is 0 Å². The predicted molar refractivity (Wildman–Crippen MR) is 54.0 cm³/mol. The summed E-state index contributed by atoms with van der Waals surface area (Å²) >= 11 is 0. The minimum atomic E-state index is -0.131. The summed E-state index contributed by atoms with van der Waals surface area (Å²) in [6.07, 6.45) is 4.43. The van der Waals surface area contributed by atoms with Gasteiger partial charge in [-0.1, -0.05) is 0 Å². The van der Waals surface area contributed by atoms with E-state index in [-0.39, 0.29) is 12.0 Å². The van der Waals surface area contributed by atoms with Crippen LogP contribution in [0.3, 0.4) is 0 Å². The van der Waals surface area contributed by atoms with Gasteiger partial charge in [-0.05, 0) is 38.5 Å². The molecule has 2 aliphatic rings. The van der Waals surface area contributed by atoms with Crippen molar-refractivity contribution in [2.24, 2.45) is 5.92 Å². The lowest BCUT2D eigenvalue weighted by molar-refractivity contribution is -0.141. The lowest BCUT2D eigenvalue weighted by Crippen LogP contribution is -2.39. The molecule has 1 unspecified atom stereocenters. The molecule has 1 heterocycles. The third-order valence-corrected chi connectivity index (χ3v) is 3.07. The van der Waals surface area contributed by atoms with Gasteiger partial charge in [0.1, 0.15) is 6.10 Å². The summed E-state index contributed by atoms with van der Waals surface area (Å²) in [6, 6.07) is 0. The first-order chi connectivity index (χ1) is 6.81. The van der Waals surface area contributed by atoms with Crippen molar-refractivity contribution in [3.63, 3.8) is 0 Å². The maximum Gasteiger partial charge on any atom is 0.251 e. The van der Waals surface area contributed by atoms with Crippen molar-refractivity contribution in [2.75, 3.05) is 19.7 Å². The second-order valence-electron chi connectivity index (χ2n) is 4.32. The average Bonchev–Trinajstić information content (AvgIpc) is 2.84. The maximum atomic E-state index is 11.9. The molecule has 1 saturated carbocycles. The monoisotopic (exact) mass is 197 g/mol. The summed E-state index contributed by atoms with van der Waals surface area (Å²) in [4.78, 5) is 13.9. The van der Waals surface area contributed by atoms with Crippen LogP contribution in [-0.4, -0.2) is 36.6 Å². The highest BCUT2D eigenvalue weighted by molar-refractivity contribution is 5.81. The van der Waals surface area contributed by atoms with Crippen LogP contribution >= 0.6 is 0 Å². The number of hydrogen-bond acceptors (Lipinski definition) is 2. The average molecular weight is 197 g/mol. The second-order valence-corrected chi connectivity index (χ2v) is 4.32. The van der Waals surface area contributed by atoms with Gasteiger partial charge in [0.15, 0.2) is 0 Å². The van der Waals surface area contributed by atoms with E-state index in [1.165, 1.54) is 12.8 Å². The fourth-order valence-electron chi connectivity index (χ4n) is 1.96. The first-order valence-electron chi connectivity index (χ1n) is 5.71. The molecule has 1 aliphatic heterocycles. The van der Waals surface area contributed by atoms with Gasteiger partial charge in [0, 0.05) is 19.7 Å². The molecule has 1 amide bonds. The van der Waals surface area contributed by atoms with E-state index in [1.807, 2.05) is 4.90 Å². The zero-order chi connectivity index (χ0) is 9.97. The van der Waals surface area contributed by atoms with Gasteiger partial charge in [-0.25, -0.2) is 0 Å². The molecule has 1 aliphatic carbocycles. The van der Waals surface area contributed by atoms with Gasteiger partial charge in [0.05, 0.1) is 0 Å². The standard InChI is InChI=1S/C11H19NO2/c1-2-12(8-9-5-6-9)11(13)10-4-3-7-14-10/h9-10H,2-8H2,1H3. The third kappa shape index (κ3) is 2.27. The van der Waals surface area contributed by atoms with Gasteiger partial charge >= 0.3 is 0 Å². The molecule has 14 heavy (non-hydrogen) atoms.